The van der Waals surface area contributed by atoms with Crippen LogP contribution < -0.4 is 0 Å². The quantitative estimate of drug-likeness (QED) is 0.535. The van der Waals surface area contributed by atoms with Crippen LogP contribution in [-0.4, -0.2) is 5.78 Å². The number of hydrogen-bond donors (Lipinski definition) is 0. The topological polar surface area (TPSA) is 17.1 Å². The van der Waals surface area contributed by atoms with Gasteiger partial charge in [0.05, 0.1) is 0 Å². The summed E-state index contributed by atoms with van der Waals surface area (Å²) >= 11 is 0. The van der Waals surface area contributed by atoms with Crippen molar-refractivity contribution in [2.75, 3.05) is 0 Å². The zero-order chi connectivity index (χ0) is 7.40. The van der Waals surface area contributed by atoms with Gasteiger partial charge in [-0.05, 0) is 19.3 Å². The Bertz CT molecular complexity index is 138. The van der Waals surface area contributed by atoms with Gasteiger partial charge < -0.3 is 0 Å². The lowest BCUT2D eigenvalue weighted by Gasteiger charge is -2.18. The first-order chi connectivity index (χ1) is 4.84. The van der Waals surface area contributed by atoms with Crippen molar-refractivity contribution in [3.63, 3.8) is 0 Å². The third kappa shape index (κ3) is 1.69. The highest BCUT2D eigenvalue weighted by atomic mass is 16.1. The summed E-state index contributed by atoms with van der Waals surface area (Å²) in [6.07, 6.45) is 6.97. The predicted molar refractivity (Wildman–Crippen MR) is 41.8 cm³/mol. The second-order valence-corrected chi connectivity index (χ2v) is 2.93. The van der Waals surface area contributed by atoms with Crippen LogP contribution in [0.4, 0.5) is 0 Å². The minimum absolute atomic E-state index is 0.311. The van der Waals surface area contributed by atoms with Gasteiger partial charge in [0.15, 0.2) is 0 Å². The summed E-state index contributed by atoms with van der Waals surface area (Å²) in [7, 11) is 0. The molecular weight excluding hydrogens is 124 g/mol. The second kappa shape index (κ2) is 3.55. The predicted octanol–water partition coefficient (Wildman–Crippen LogP) is 2.32. The van der Waals surface area contributed by atoms with Gasteiger partial charge in [-0.2, -0.15) is 0 Å². The van der Waals surface area contributed by atoms with E-state index in [1.807, 2.05) is 6.08 Å². The summed E-state index contributed by atoms with van der Waals surface area (Å²) < 4.78 is 0. The van der Waals surface area contributed by atoms with E-state index < -0.39 is 0 Å². The van der Waals surface area contributed by atoms with Crippen LogP contribution in [0.1, 0.15) is 32.1 Å². The molecule has 0 radical (unpaired) electrons. The lowest BCUT2D eigenvalue weighted by molar-refractivity contribution is -0.124. The fraction of sp³-hybridized carbons (Fsp3) is 0.667. The third-order valence-corrected chi connectivity index (χ3v) is 2.13. The van der Waals surface area contributed by atoms with E-state index in [4.69, 9.17) is 0 Å². The van der Waals surface area contributed by atoms with Gasteiger partial charge in [0, 0.05) is 12.3 Å². The standard InChI is InChI=1S/C9H14O/c1-2-5-8-6-3-4-7-9(8)10/h2,8H,1,3-7H2/t8-/m1/s1. The molecule has 1 rings (SSSR count). The van der Waals surface area contributed by atoms with Crippen LogP contribution >= 0.6 is 0 Å². The number of allylic oxidation sites excluding steroid dienone is 1. The summed E-state index contributed by atoms with van der Waals surface area (Å²) in [5.74, 6) is 0.761. The molecule has 0 N–H and O–H groups in total. The molecule has 1 aliphatic rings. The highest BCUT2D eigenvalue weighted by molar-refractivity contribution is 5.81. The summed E-state index contributed by atoms with van der Waals surface area (Å²) in [6, 6.07) is 0. The molecule has 1 heteroatoms. The Kier molecular flexibility index (Phi) is 2.67. The molecule has 0 aromatic carbocycles. The Morgan fingerprint density at radius 1 is 1.60 bits per heavy atom. The minimum atomic E-state index is 0.311. The largest absolute Gasteiger partial charge is 0.299 e. The van der Waals surface area contributed by atoms with Crippen LogP contribution in [0, 0.1) is 5.92 Å². The van der Waals surface area contributed by atoms with E-state index in [-0.39, 0.29) is 0 Å². The smallest absolute Gasteiger partial charge is 0.136 e. The SMILES string of the molecule is C=CC[C@@H]1CCCCC1=O. The molecule has 0 aromatic rings. The van der Waals surface area contributed by atoms with E-state index in [2.05, 4.69) is 6.58 Å². The first-order valence-electron chi connectivity index (χ1n) is 3.98. The van der Waals surface area contributed by atoms with Gasteiger partial charge in [0.25, 0.3) is 0 Å². The summed E-state index contributed by atoms with van der Waals surface area (Å²) in [4.78, 5) is 11.1. The van der Waals surface area contributed by atoms with Crippen LogP contribution in [0.5, 0.6) is 0 Å². The molecule has 0 unspecified atom stereocenters. The maximum Gasteiger partial charge on any atom is 0.136 e. The van der Waals surface area contributed by atoms with Crippen molar-refractivity contribution in [1.82, 2.24) is 0 Å². The third-order valence-electron chi connectivity index (χ3n) is 2.13. The monoisotopic (exact) mass is 138 g/mol. The van der Waals surface area contributed by atoms with Gasteiger partial charge in [-0.1, -0.05) is 12.5 Å². The average Bonchev–Trinajstić information content (AvgIpc) is 1.94. The van der Waals surface area contributed by atoms with E-state index in [1.165, 1.54) is 6.42 Å². The molecule has 1 saturated carbocycles. The van der Waals surface area contributed by atoms with Crippen LogP contribution in [0.25, 0.3) is 0 Å². The van der Waals surface area contributed by atoms with Gasteiger partial charge in [0.2, 0.25) is 0 Å². The van der Waals surface area contributed by atoms with Crippen molar-refractivity contribution < 1.29 is 4.79 Å². The van der Waals surface area contributed by atoms with Gasteiger partial charge in [-0.25, -0.2) is 0 Å². The van der Waals surface area contributed by atoms with Gasteiger partial charge in [-0.3, -0.25) is 4.79 Å². The van der Waals surface area contributed by atoms with Crippen molar-refractivity contribution in [3.8, 4) is 0 Å². The number of carbonyl (C=O) groups excluding carboxylic acids is 1. The number of Topliss-reactive ketones (excluding diaryl/α,β-unsaturated/α-hetero) is 1. The number of carbonyl (C=O) groups is 1. The molecule has 10 heavy (non-hydrogen) atoms. The summed E-state index contributed by atoms with van der Waals surface area (Å²) in [6.45, 7) is 3.64. The maximum atomic E-state index is 11.1. The molecule has 56 valence electrons. The molecule has 1 aliphatic carbocycles. The molecule has 0 spiro atoms. The lowest BCUT2D eigenvalue weighted by atomic mass is 9.86. The Balaban J connectivity index is 2.39. The molecule has 1 atom stereocenters. The van der Waals surface area contributed by atoms with E-state index >= 15 is 0 Å². The summed E-state index contributed by atoms with van der Waals surface area (Å²) in [5.41, 5.74) is 0. The van der Waals surface area contributed by atoms with Gasteiger partial charge in [0.1, 0.15) is 5.78 Å². The van der Waals surface area contributed by atoms with Crippen molar-refractivity contribution >= 4 is 5.78 Å². The number of rotatable bonds is 2. The normalized spacial score (nSPS) is 26.4. The molecule has 0 amide bonds. The molecule has 0 heterocycles. The van der Waals surface area contributed by atoms with Gasteiger partial charge in [-0.15, -0.1) is 6.58 Å². The fourth-order valence-electron chi connectivity index (χ4n) is 1.51. The van der Waals surface area contributed by atoms with E-state index in [0.717, 1.165) is 25.7 Å². The van der Waals surface area contributed by atoms with Crippen LogP contribution in [-0.2, 0) is 4.79 Å². The Morgan fingerprint density at radius 3 is 3.00 bits per heavy atom. The minimum Gasteiger partial charge on any atom is -0.299 e. The lowest BCUT2D eigenvalue weighted by Crippen LogP contribution is -2.17. The maximum absolute atomic E-state index is 11.1. The first-order valence-corrected chi connectivity index (χ1v) is 3.98. The van der Waals surface area contributed by atoms with Crippen molar-refractivity contribution in [2.45, 2.75) is 32.1 Å². The second-order valence-electron chi connectivity index (χ2n) is 2.93. The van der Waals surface area contributed by atoms with Crippen LogP contribution in [0.3, 0.4) is 0 Å². The number of hydrogen-bond acceptors (Lipinski definition) is 1. The summed E-state index contributed by atoms with van der Waals surface area (Å²) in [5, 5.41) is 0. The molecule has 0 aliphatic heterocycles. The molecule has 0 aromatic heterocycles. The van der Waals surface area contributed by atoms with Gasteiger partial charge >= 0.3 is 0 Å². The molecule has 1 nitrogen and oxygen atoms in total. The van der Waals surface area contributed by atoms with Crippen LogP contribution in [0.15, 0.2) is 12.7 Å². The highest BCUT2D eigenvalue weighted by Crippen LogP contribution is 2.23. The first kappa shape index (κ1) is 7.52. The molecular formula is C9H14O. The van der Waals surface area contributed by atoms with E-state index in [9.17, 15) is 4.79 Å². The van der Waals surface area contributed by atoms with Crippen molar-refractivity contribution in [1.29, 1.82) is 0 Å². The van der Waals surface area contributed by atoms with Crippen LogP contribution in [0.2, 0.25) is 0 Å². The Morgan fingerprint density at radius 2 is 2.40 bits per heavy atom. The highest BCUT2D eigenvalue weighted by Gasteiger charge is 2.19. The molecule has 1 fully saturated rings. The average molecular weight is 138 g/mol. The van der Waals surface area contributed by atoms with Crippen molar-refractivity contribution in [3.05, 3.63) is 12.7 Å². The Labute approximate surface area is 62.1 Å². The Hall–Kier alpha value is -0.590. The zero-order valence-electron chi connectivity index (χ0n) is 6.31. The van der Waals surface area contributed by atoms with Crippen molar-refractivity contribution in [2.24, 2.45) is 5.92 Å². The molecule has 0 saturated heterocycles. The number of ketones is 1. The van der Waals surface area contributed by atoms with E-state index in [1.54, 1.807) is 0 Å². The fourth-order valence-corrected chi connectivity index (χ4v) is 1.51. The molecule has 0 bridgehead atoms. The van der Waals surface area contributed by atoms with E-state index in [0.29, 0.717) is 11.7 Å². The zero-order valence-corrected chi connectivity index (χ0v) is 6.31.